The van der Waals surface area contributed by atoms with Gasteiger partial charge in [-0.1, -0.05) is 30.3 Å². The average Bonchev–Trinajstić information content (AvgIpc) is 3.23. The summed E-state index contributed by atoms with van der Waals surface area (Å²) < 4.78 is 21.0. The Kier molecular flexibility index (Phi) is 4.06. The summed E-state index contributed by atoms with van der Waals surface area (Å²) in [6.07, 6.45) is 2.17. The maximum absolute atomic E-state index is 13.4. The molecule has 25 heavy (non-hydrogen) atoms. The van der Waals surface area contributed by atoms with Crippen molar-refractivity contribution in [1.82, 2.24) is 4.57 Å². The van der Waals surface area contributed by atoms with Crippen molar-refractivity contribution in [3.05, 3.63) is 88.7 Å². The Morgan fingerprint density at radius 2 is 1.76 bits per heavy atom. The number of ether oxygens (including phenoxy) is 1. The molecule has 0 aliphatic rings. The van der Waals surface area contributed by atoms with Crippen LogP contribution in [0.3, 0.4) is 0 Å². The molecule has 2 aromatic heterocycles. The first-order valence-electron chi connectivity index (χ1n) is 8.10. The maximum Gasteiger partial charge on any atom is 0.173 e. The van der Waals surface area contributed by atoms with Gasteiger partial charge >= 0.3 is 0 Å². The number of hydrogen-bond acceptors (Lipinski definition) is 2. The SMILES string of the molecule is COc1ccc(C(c2ccc(F)cc2)c2cn(C)c3ccccc23)s1. The summed E-state index contributed by atoms with van der Waals surface area (Å²) in [6.45, 7) is 0. The van der Waals surface area contributed by atoms with Crippen LogP contribution in [-0.4, -0.2) is 11.7 Å². The van der Waals surface area contributed by atoms with Crippen LogP contribution in [0.5, 0.6) is 5.06 Å². The van der Waals surface area contributed by atoms with Crippen LogP contribution in [0, 0.1) is 5.82 Å². The molecule has 2 heterocycles. The Bertz CT molecular complexity index is 1020. The standard InChI is InChI=1S/C21H18FNOS/c1-23-13-17(16-5-3-4-6-18(16)23)21(14-7-9-15(22)10-8-14)19-11-12-20(24-2)25-19/h3-13,21H,1-2H3. The Morgan fingerprint density at radius 3 is 2.48 bits per heavy atom. The third-order valence-corrected chi connectivity index (χ3v) is 5.64. The van der Waals surface area contributed by atoms with E-state index in [-0.39, 0.29) is 11.7 Å². The van der Waals surface area contributed by atoms with Crippen LogP contribution in [0.15, 0.2) is 66.9 Å². The maximum atomic E-state index is 13.4. The van der Waals surface area contributed by atoms with Crippen LogP contribution in [0.4, 0.5) is 4.39 Å². The molecule has 0 saturated carbocycles. The molecule has 0 aliphatic carbocycles. The van der Waals surface area contributed by atoms with E-state index in [1.165, 1.54) is 33.5 Å². The number of thiophene rings is 1. The summed E-state index contributed by atoms with van der Waals surface area (Å²) in [4.78, 5) is 1.18. The highest BCUT2D eigenvalue weighted by molar-refractivity contribution is 7.14. The number of para-hydroxylation sites is 1. The zero-order chi connectivity index (χ0) is 17.4. The van der Waals surface area contributed by atoms with Crippen molar-refractivity contribution < 1.29 is 9.13 Å². The minimum absolute atomic E-state index is 0.0422. The van der Waals surface area contributed by atoms with Gasteiger partial charge in [0.2, 0.25) is 0 Å². The van der Waals surface area contributed by atoms with Gasteiger partial charge in [0, 0.05) is 34.9 Å². The van der Waals surface area contributed by atoms with Gasteiger partial charge in [-0.05, 0) is 41.5 Å². The number of aromatic nitrogens is 1. The quantitative estimate of drug-likeness (QED) is 0.469. The van der Waals surface area contributed by atoms with E-state index < -0.39 is 0 Å². The normalized spacial score (nSPS) is 12.4. The Labute approximate surface area is 150 Å². The molecule has 2 aromatic carbocycles. The number of benzene rings is 2. The van der Waals surface area contributed by atoms with E-state index >= 15 is 0 Å². The molecular weight excluding hydrogens is 333 g/mol. The van der Waals surface area contributed by atoms with Crippen molar-refractivity contribution in [2.75, 3.05) is 7.11 Å². The predicted octanol–water partition coefficient (Wildman–Crippen LogP) is 5.57. The zero-order valence-corrected chi connectivity index (χ0v) is 14.9. The lowest BCUT2D eigenvalue weighted by molar-refractivity contribution is 0.427. The van der Waals surface area contributed by atoms with Crippen molar-refractivity contribution in [3.8, 4) is 5.06 Å². The van der Waals surface area contributed by atoms with Crippen LogP contribution in [0.2, 0.25) is 0 Å². The third-order valence-electron chi connectivity index (χ3n) is 4.53. The van der Waals surface area contributed by atoms with E-state index in [0.717, 1.165) is 10.6 Å². The molecule has 4 heteroatoms. The minimum Gasteiger partial charge on any atom is -0.487 e. The van der Waals surface area contributed by atoms with Gasteiger partial charge in [-0.25, -0.2) is 4.39 Å². The van der Waals surface area contributed by atoms with Gasteiger partial charge in [0.1, 0.15) is 5.82 Å². The summed E-state index contributed by atoms with van der Waals surface area (Å²) in [5, 5.41) is 2.09. The smallest absolute Gasteiger partial charge is 0.173 e. The van der Waals surface area contributed by atoms with Gasteiger partial charge in [-0.2, -0.15) is 0 Å². The fourth-order valence-corrected chi connectivity index (χ4v) is 4.32. The minimum atomic E-state index is -0.218. The Morgan fingerprint density at radius 1 is 1.00 bits per heavy atom. The fourth-order valence-electron chi connectivity index (χ4n) is 3.35. The van der Waals surface area contributed by atoms with Crippen molar-refractivity contribution in [3.63, 3.8) is 0 Å². The van der Waals surface area contributed by atoms with Gasteiger partial charge in [0.15, 0.2) is 5.06 Å². The highest BCUT2D eigenvalue weighted by Gasteiger charge is 2.23. The molecule has 0 N–H and O–H groups in total. The molecule has 0 aliphatic heterocycles. The molecule has 126 valence electrons. The highest BCUT2D eigenvalue weighted by atomic mass is 32.1. The molecule has 4 rings (SSSR count). The van der Waals surface area contributed by atoms with Crippen molar-refractivity contribution in [1.29, 1.82) is 0 Å². The van der Waals surface area contributed by atoms with E-state index in [2.05, 4.69) is 42.1 Å². The molecule has 0 fully saturated rings. The van der Waals surface area contributed by atoms with Crippen LogP contribution in [0.25, 0.3) is 10.9 Å². The van der Waals surface area contributed by atoms with E-state index in [1.54, 1.807) is 18.4 Å². The van der Waals surface area contributed by atoms with Crippen LogP contribution >= 0.6 is 11.3 Å². The summed E-state index contributed by atoms with van der Waals surface area (Å²) in [5.74, 6) is -0.176. The molecule has 0 spiro atoms. The van der Waals surface area contributed by atoms with E-state index in [9.17, 15) is 4.39 Å². The number of nitrogens with zero attached hydrogens (tertiary/aromatic N) is 1. The molecule has 0 radical (unpaired) electrons. The predicted molar refractivity (Wildman–Crippen MR) is 101 cm³/mol. The third kappa shape index (κ3) is 2.83. The lowest BCUT2D eigenvalue weighted by Gasteiger charge is -2.16. The lowest BCUT2D eigenvalue weighted by Crippen LogP contribution is -2.01. The summed E-state index contributed by atoms with van der Waals surface area (Å²) >= 11 is 1.63. The molecule has 0 saturated heterocycles. The second kappa shape index (κ2) is 6.37. The fraction of sp³-hybridized carbons (Fsp3) is 0.143. The van der Waals surface area contributed by atoms with Gasteiger partial charge in [-0.15, -0.1) is 11.3 Å². The average molecular weight is 351 g/mol. The Hall–Kier alpha value is -2.59. The topological polar surface area (TPSA) is 14.2 Å². The van der Waals surface area contributed by atoms with Gasteiger partial charge < -0.3 is 9.30 Å². The number of aryl methyl sites for hydroxylation is 1. The monoisotopic (exact) mass is 351 g/mol. The number of rotatable bonds is 4. The second-order valence-electron chi connectivity index (χ2n) is 6.06. The second-order valence-corrected chi connectivity index (χ2v) is 7.14. The molecule has 4 aromatic rings. The zero-order valence-electron chi connectivity index (χ0n) is 14.1. The molecule has 2 nitrogen and oxygen atoms in total. The number of methoxy groups -OCH3 is 1. The lowest BCUT2D eigenvalue weighted by atomic mass is 9.89. The van der Waals surface area contributed by atoms with Gasteiger partial charge in [0.05, 0.1) is 7.11 Å². The molecule has 1 atom stereocenters. The van der Waals surface area contributed by atoms with Crippen molar-refractivity contribution in [2.24, 2.45) is 7.05 Å². The van der Waals surface area contributed by atoms with Crippen LogP contribution in [0.1, 0.15) is 21.9 Å². The number of hydrogen-bond donors (Lipinski definition) is 0. The first-order chi connectivity index (χ1) is 12.2. The van der Waals surface area contributed by atoms with Crippen molar-refractivity contribution >= 4 is 22.2 Å². The first-order valence-corrected chi connectivity index (χ1v) is 8.92. The van der Waals surface area contributed by atoms with E-state index in [4.69, 9.17) is 4.74 Å². The molecule has 1 unspecified atom stereocenters. The van der Waals surface area contributed by atoms with Gasteiger partial charge in [0.25, 0.3) is 0 Å². The molecule has 0 bridgehead atoms. The molecule has 0 amide bonds. The summed E-state index contributed by atoms with van der Waals surface area (Å²) in [6, 6.07) is 19.2. The van der Waals surface area contributed by atoms with Crippen molar-refractivity contribution in [2.45, 2.75) is 5.92 Å². The van der Waals surface area contributed by atoms with E-state index in [1.807, 2.05) is 24.3 Å². The summed E-state index contributed by atoms with van der Waals surface area (Å²) in [5.41, 5.74) is 3.48. The summed E-state index contributed by atoms with van der Waals surface area (Å²) in [7, 11) is 3.74. The van der Waals surface area contributed by atoms with E-state index in [0.29, 0.717) is 0 Å². The highest BCUT2D eigenvalue weighted by Crippen LogP contribution is 2.41. The van der Waals surface area contributed by atoms with Crippen LogP contribution < -0.4 is 4.74 Å². The van der Waals surface area contributed by atoms with Crippen LogP contribution in [-0.2, 0) is 7.05 Å². The number of halogens is 1. The first kappa shape index (κ1) is 15.9. The Balaban J connectivity index is 1.94. The molecular formula is C21H18FNOS. The number of fused-ring (bicyclic) bond motifs is 1. The van der Waals surface area contributed by atoms with Gasteiger partial charge in [-0.3, -0.25) is 0 Å². The largest absolute Gasteiger partial charge is 0.487 e.